The van der Waals surface area contributed by atoms with Crippen molar-refractivity contribution in [1.29, 1.82) is 0 Å². The van der Waals surface area contributed by atoms with Crippen molar-refractivity contribution in [3.8, 4) is 0 Å². The van der Waals surface area contributed by atoms with Crippen molar-refractivity contribution in [3.63, 3.8) is 0 Å². The maximum Gasteiger partial charge on any atom is 0.134 e. The minimum absolute atomic E-state index is 0.133. The fourth-order valence-corrected chi connectivity index (χ4v) is 2.62. The van der Waals surface area contributed by atoms with Crippen LogP contribution in [0.4, 0.5) is 11.6 Å². The molecule has 1 aliphatic rings. The standard InChI is InChI=1S/C13H22N4O/c1-2-11-12(14)16-8-17-13(11)15-7-9-4-3-5-10(18)6-9/h8-10,18H,2-7H2,1H3,(H3,14,15,16,17). The van der Waals surface area contributed by atoms with Crippen LogP contribution in [0.3, 0.4) is 0 Å². The molecule has 5 nitrogen and oxygen atoms in total. The molecule has 0 amide bonds. The van der Waals surface area contributed by atoms with Crippen molar-refractivity contribution in [2.24, 2.45) is 5.92 Å². The third-order valence-electron chi connectivity index (χ3n) is 3.65. The lowest BCUT2D eigenvalue weighted by atomic mass is 9.87. The number of nitrogen functional groups attached to an aromatic ring is 1. The lowest BCUT2D eigenvalue weighted by Crippen LogP contribution is -2.25. The maximum atomic E-state index is 9.65. The molecule has 0 bridgehead atoms. The number of hydrogen-bond acceptors (Lipinski definition) is 5. The highest BCUT2D eigenvalue weighted by atomic mass is 16.3. The quantitative estimate of drug-likeness (QED) is 0.755. The molecule has 5 heteroatoms. The third kappa shape index (κ3) is 3.10. The molecule has 1 fully saturated rings. The highest BCUT2D eigenvalue weighted by Crippen LogP contribution is 2.25. The van der Waals surface area contributed by atoms with Gasteiger partial charge in [0.15, 0.2) is 0 Å². The summed E-state index contributed by atoms with van der Waals surface area (Å²) in [7, 11) is 0. The smallest absolute Gasteiger partial charge is 0.134 e. The second kappa shape index (κ2) is 6.00. The minimum atomic E-state index is -0.133. The summed E-state index contributed by atoms with van der Waals surface area (Å²) in [6.45, 7) is 2.89. The van der Waals surface area contributed by atoms with Gasteiger partial charge in [-0.05, 0) is 31.6 Å². The summed E-state index contributed by atoms with van der Waals surface area (Å²) < 4.78 is 0. The van der Waals surface area contributed by atoms with Crippen molar-refractivity contribution >= 4 is 11.6 Å². The van der Waals surface area contributed by atoms with E-state index in [0.717, 1.165) is 43.6 Å². The zero-order valence-corrected chi connectivity index (χ0v) is 10.9. The van der Waals surface area contributed by atoms with E-state index in [2.05, 4.69) is 15.3 Å². The van der Waals surface area contributed by atoms with E-state index in [1.165, 1.54) is 12.7 Å². The van der Waals surface area contributed by atoms with E-state index in [1.807, 2.05) is 6.92 Å². The molecule has 2 unspecified atom stereocenters. The molecule has 18 heavy (non-hydrogen) atoms. The molecule has 100 valence electrons. The van der Waals surface area contributed by atoms with E-state index in [0.29, 0.717) is 11.7 Å². The van der Waals surface area contributed by atoms with Crippen LogP contribution < -0.4 is 11.1 Å². The summed E-state index contributed by atoms with van der Waals surface area (Å²) >= 11 is 0. The van der Waals surface area contributed by atoms with Gasteiger partial charge in [0, 0.05) is 12.1 Å². The summed E-state index contributed by atoms with van der Waals surface area (Å²) in [6, 6.07) is 0. The summed E-state index contributed by atoms with van der Waals surface area (Å²) in [5.41, 5.74) is 6.81. The van der Waals surface area contributed by atoms with E-state index < -0.39 is 0 Å². The number of anilines is 2. The maximum absolute atomic E-state index is 9.65. The fourth-order valence-electron chi connectivity index (χ4n) is 2.62. The number of hydrogen-bond donors (Lipinski definition) is 3. The number of nitrogens with two attached hydrogens (primary N) is 1. The molecule has 1 aromatic heterocycles. The van der Waals surface area contributed by atoms with Gasteiger partial charge in [-0.2, -0.15) is 0 Å². The van der Waals surface area contributed by atoms with Gasteiger partial charge in [0.2, 0.25) is 0 Å². The second-order valence-corrected chi connectivity index (χ2v) is 5.01. The summed E-state index contributed by atoms with van der Waals surface area (Å²) in [5, 5.41) is 13.0. The minimum Gasteiger partial charge on any atom is -0.393 e. The van der Waals surface area contributed by atoms with Gasteiger partial charge in [-0.3, -0.25) is 0 Å². The first-order valence-electron chi connectivity index (χ1n) is 6.72. The number of nitrogens with zero attached hydrogens (tertiary/aromatic N) is 2. The van der Waals surface area contributed by atoms with Crippen molar-refractivity contribution in [2.75, 3.05) is 17.6 Å². The highest BCUT2D eigenvalue weighted by Gasteiger charge is 2.20. The lowest BCUT2D eigenvalue weighted by molar-refractivity contribution is 0.104. The summed E-state index contributed by atoms with van der Waals surface area (Å²) in [4.78, 5) is 8.25. The Hall–Kier alpha value is -1.36. The summed E-state index contributed by atoms with van der Waals surface area (Å²) in [6.07, 6.45) is 6.29. The van der Waals surface area contributed by atoms with Crippen molar-refractivity contribution < 1.29 is 5.11 Å². The van der Waals surface area contributed by atoms with Crippen LogP contribution in [0.5, 0.6) is 0 Å². The molecule has 1 saturated carbocycles. The first-order chi connectivity index (χ1) is 8.70. The second-order valence-electron chi connectivity index (χ2n) is 5.01. The van der Waals surface area contributed by atoms with Gasteiger partial charge in [-0.1, -0.05) is 13.3 Å². The predicted molar refractivity (Wildman–Crippen MR) is 72.3 cm³/mol. The average Bonchev–Trinajstić information content (AvgIpc) is 2.36. The topological polar surface area (TPSA) is 84.1 Å². The molecule has 2 rings (SSSR count). The van der Waals surface area contributed by atoms with Gasteiger partial charge in [-0.15, -0.1) is 0 Å². The number of rotatable bonds is 4. The number of aromatic nitrogens is 2. The molecule has 0 spiro atoms. The van der Waals surface area contributed by atoms with Gasteiger partial charge in [0.1, 0.15) is 18.0 Å². The molecule has 2 atom stereocenters. The number of nitrogens with one attached hydrogen (secondary N) is 1. The zero-order chi connectivity index (χ0) is 13.0. The van der Waals surface area contributed by atoms with Crippen LogP contribution in [0, 0.1) is 5.92 Å². The molecule has 1 aliphatic carbocycles. The largest absolute Gasteiger partial charge is 0.393 e. The van der Waals surface area contributed by atoms with Crippen LogP contribution in [-0.2, 0) is 6.42 Å². The van der Waals surface area contributed by atoms with E-state index in [9.17, 15) is 5.11 Å². The van der Waals surface area contributed by atoms with E-state index in [-0.39, 0.29) is 6.10 Å². The molecule has 4 N–H and O–H groups in total. The first kappa shape index (κ1) is 13.1. The Morgan fingerprint density at radius 3 is 3.00 bits per heavy atom. The van der Waals surface area contributed by atoms with Gasteiger partial charge in [0.25, 0.3) is 0 Å². The van der Waals surface area contributed by atoms with Crippen molar-refractivity contribution in [2.45, 2.75) is 45.1 Å². The molecule has 0 aliphatic heterocycles. The van der Waals surface area contributed by atoms with Crippen LogP contribution in [0.25, 0.3) is 0 Å². The first-order valence-corrected chi connectivity index (χ1v) is 6.72. The molecule has 0 aromatic carbocycles. The Bertz CT molecular complexity index is 397. The SMILES string of the molecule is CCc1c(N)ncnc1NCC1CCCC(O)C1. The Labute approximate surface area is 108 Å². The van der Waals surface area contributed by atoms with Gasteiger partial charge >= 0.3 is 0 Å². The van der Waals surface area contributed by atoms with Gasteiger partial charge in [0.05, 0.1) is 6.10 Å². The molecule has 0 saturated heterocycles. The molecular weight excluding hydrogens is 228 g/mol. The van der Waals surface area contributed by atoms with Gasteiger partial charge in [-0.25, -0.2) is 9.97 Å². The van der Waals surface area contributed by atoms with E-state index in [4.69, 9.17) is 5.73 Å². The van der Waals surface area contributed by atoms with Crippen molar-refractivity contribution in [1.82, 2.24) is 9.97 Å². The van der Waals surface area contributed by atoms with Gasteiger partial charge < -0.3 is 16.2 Å². The molecule has 0 radical (unpaired) electrons. The number of aliphatic hydroxyl groups is 1. The van der Waals surface area contributed by atoms with E-state index in [1.54, 1.807) is 0 Å². The van der Waals surface area contributed by atoms with Crippen LogP contribution in [0.2, 0.25) is 0 Å². The van der Waals surface area contributed by atoms with E-state index >= 15 is 0 Å². The Morgan fingerprint density at radius 2 is 2.28 bits per heavy atom. The lowest BCUT2D eigenvalue weighted by Gasteiger charge is -2.26. The predicted octanol–water partition coefficient (Wildman–Crippen LogP) is 1.58. The Kier molecular flexibility index (Phi) is 4.36. The Morgan fingerprint density at radius 1 is 1.44 bits per heavy atom. The molecule has 1 heterocycles. The number of aliphatic hydroxyl groups excluding tert-OH is 1. The highest BCUT2D eigenvalue weighted by molar-refractivity contribution is 5.54. The monoisotopic (exact) mass is 250 g/mol. The van der Waals surface area contributed by atoms with Crippen LogP contribution in [0.15, 0.2) is 6.33 Å². The van der Waals surface area contributed by atoms with Crippen molar-refractivity contribution in [3.05, 3.63) is 11.9 Å². The molecular formula is C13H22N4O. The van der Waals surface area contributed by atoms with Crippen LogP contribution in [0.1, 0.15) is 38.2 Å². The van der Waals surface area contributed by atoms with Crippen LogP contribution >= 0.6 is 0 Å². The molecule has 1 aromatic rings. The zero-order valence-electron chi connectivity index (χ0n) is 10.9. The fraction of sp³-hybridized carbons (Fsp3) is 0.692. The Balaban J connectivity index is 1.95. The average molecular weight is 250 g/mol. The van der Waals surface area contributed by atoms with Crippen LogP contribution in [-0.4, -0.2) is 27.7 Å². The third-order valence-corrected chi connectivity index (χ3v) is 3.65. The normalized spacial score (nSPS) is 23.9. The summed E-state index contributed by atoms with van der Waals surface area (Å²) in [5.74, 6) is 1.92.